The largest absolute Gasteiger partial charge is 0.508 e. The second-order valence-corrected chi connectivity index (χ2v) is 3.29. The minimum absolute atomic E-state index is 0.0700. The Balaban J connectivity index is 2.67. The Morgan fingerprint density at radius 3 is 2.59 bits per heavy atom. The normalized spacial score (nSPS) is 9.71. The second-order valence-electron chi connectivity index (χ2n) is 3.29. The topological polar surface area (TPSA) is 80.7 Å². The first kappa shape index (κ1) is 12.9. The van der Waals surface area contributed by atoms with Gasteiger partial charge in [0, 0.05) is 5.56 Å². The summed E-state index contributed by atoms with van der Waals surface area (Å²) >= 11 is 0. The maximum Gasteiger partial charge on any atom is 0.375 e. The maximum atomic E-state index is 11.6. The van der Waals surface area contributed by atoms with E-state index in [1.54, 1.807) is 6.92 Å². The Morgan fingerprint density at radius 1 is 1.29 bits per heavy atom. The van der Waals surface area contributed by atoms with Gasteiger partial charge in [0.15, 0.2) is 5.78 Å². The fraction of sp³-hybridized carbons (Fsp3) is 0.250. The third-order valence-electron chi connectivity index (χ3n) is 1.99. The smallest absolute Gasteiger partial charge is 0.375 e. The van der Waals surface area contributed by atoms with Crippen molar-refractivity contribution in [1.29, 1.82) is 0 Å². The summed E-state index contributed by atoms with van der Waals surface area (Å²) in [6.07, 6.45) is -0.553. The number of phenols is 1. The van der Waals surface area contributed by atoms with Crippen LogP contribution in [-0.2, 0) is 14.3 Å². The zero-order valence-corrected chi connectivity index (χ0v) is 9.30. The third-order valence-corrected chi connectivity index (χ3v) is 1.99. The Morgan fingerprint density at radius 2 is 2.00 bits per heavy atom. The highest BCUT2D eigenvalue weighted by molar-refractivity contribution is 6.38. The number of ketones is 2. The summed E-state index contributed by atoms with van der Waals surface area (Å²) in [6.45, 7) is 1.66. The van der Waals surface area contributed by atoms with Crippen LogP contribution < -0.4 is 0 Å². The number of ether oxygens (including phenoxy) is 1. The Bertz CT molecular complexity index is 450. The van der Waals surface area contributed by atoms with Crippen LogP contribution in [0.4, 0.5) is 0 Å². The van der Waals surface area contributed by atoms with Crippen LogP contribution >= 0.6 is 0 Å². The minimum Gasteiger partial charge on any atom is -0.508 e. The number of carbonyl (C=O) groups is 3. The number of benzene rings is 1. The molecule has 0 bridgehead atoms. The van der Waals surface area contributed by atoms with Crippen LogP contribution in [0.1, 0.15) is 23.7 Å². The summed E-state index contributed by atoms with van der Waals surface area (Å²) in [5, 5.41) is 9.16. The third kappa shape index (κ3) is 3.71. The van der Waals surface area contributed by atoms with Gasteiger partial charge >= 0.3 is 5.97 Å². The highest BCUT2D eigenvalue weighted by Gasteiger charge is 2.19. The van der Waals surface area contributed by atoms with Crippen LogP contribution in [-0.4, -0.2) is 29.2 Å². The van der Waals surface area contributed by atoms with Crippen LogP contribution in [0.15, 0.2) is 24.3 Å². The molecular formula is C12H12O5. The SMILES string of the molecule is CCOC(=O)C(=O)CC(=O)c1cccc(O)c1. The summed E-state index contributed by atoms with van der Waals surface area (Å²) in [5.74, 6) is -2.50. The van der Waals surface area contributed by atoms with Gasteiger partial charge in [-0.3, -0.25) is 9.59 Å². The van der Waals surface area contributed by atoms with Crippen molar-refractivity contribution >= 4 is 17.5 Å². The maximum absolute atomic E-state index is 11.6. The van der Waals surface area contributed by atoms with Gasteiger partial charge in [0.2, 0.25) is 5.78 Å². The molecule has 1 aromatic carbocycles. The van der Waals surface area contributed by atoms with Crippen LogP contribution in [0.5, 0.6) is 5.75 Å². The molecule has 0 unspecified atom stereocenters. The Labute approximate surface area is 98.0 Å². The zero-order chi connectivity index (χ0) is 12.8. The summed E-state index contributed by atoms with van der Waals surface area (Å²) in [7, 11) is 0. The molecule has 0 fully saturated rings. The predicted octanol–water partition coefficient (Wildman–Crippen LogP) is 1.10. The molecule has 0 saturated heterocycles. The zero-order valence-electron chi connectivity index (χ0n) is 9.30. The summed E-state index contributed by atoms with van der Waals surface area (Å²) in [4.78, 5) is 33.8. The predicted molar refractivity (Wildman–Crippen MR) is 58.7 cm³/mol. The number of aromatic hydroxyl groups is 1. The van der Waals surface area contributed by atoms with E-state index in [9.17, 15) is 14.4 Å². The second kappa shape index (κ2) is 5.79. The van der Waals surface area contributed by atoms with Crippen molar-refractivity contribution in [3.63, 3.8) is 0 Å². The van der Waals surface area contributed by atoms with Gasteiger partial charge in [-0.1, -0.05) is 12.1 Å². The van der Waals surface area contributed by atoms with Gasteiger partial charge in [-0.15, -0.1) is 0 Å². The number of carbonyl (C=O) groups excluding carboxylic acids is 3. The standard InChI is InChI=1S/C12H12O5/c1-2-17-12(16)11(15)7-10(14)8-4-3-5-9(13)6-8/h3-6,13H,2,7H2,1H3. The van der Waals surface area contributed by atoms with Crippen molar-refractivity contribution in [2.45, 2.75) is 13.3 Å². The highest BCUT2D eigenvalue weighted by atomic mass is 16.5. The molecule has 1 N–H and O–H groups in total. The average molecular weight is 236 g/mol. The number of esters is 1. The molecule has 0 heterocycles. The highest BCUT2D eigenvalue weighted by Crippen LogP contribution is 2.12. The molecule has 0 spiro atoms. The molecule has 0 aromatic heterocycles. The quantitative estimate of drug-likeness (QED) is 0.358. The lowest BCUT2D eigenvalue weighted by Crippen LogP contribution is -2.20. The number of hydrogen-bond acceptors (Lipinski definition) is 5. The Hall–Kier alpha value is -2.17. The number of hydrogen-bond donors (Lipinski definition) is 1. The van der Waals surface area contributed by atoms with Crippen LogP contribution in [0.2, 0.25) is 0 Å². The lowest BCUT2D eigenvalue weighted by Gasteiger charge is -2.01. The summed E-state index contributed by atoms with van der Waals surface area (Å²) < 4.78 is 4.47. The fourth-order valence-electron chi connectivity index (χ4n) is 1.21. The first-order valence-corrected chi connectivity index (χ1v) is 5.06. The average Bonchev–Trinajstić information content (AvgIpc) is 2.29. The van der Waals surface area contributed by atoms with E-state index in [0.717, 1.165) is 0 Å². The van der Waals surface area contributed by atoms with E-state index < -0.39 is 24.0 Å². The molecule has 0 aliphatic carbocycles. The molecule has 0 atom stereocenters. The van der Waals surface area contributed by atoms with Gasteiger partial charge in [0.05, 0.1) is 13.0 Å². The van der Waals surface area contributed by atoms with Crippen LogP contribution in [0.25, 0.3) is 0 Å². The summed E-state index contributed by atoms with van der Waals surface area (Å²) in [5.41, 5.74) is 0.183. The molecule has 5 heteroatoms. The molecule has 5 nitrogen and oxygen atoms in total. The molecule has 0 radical (unpaired) electrons. The van der Waals surface area contributed by atoms with Crippen molar-refractivity contribution in [2.75, 3.05) is 6.61 Å². The molecule has 0 aliphatic rings. The van der Waals surface area contributed by atoms with Gasteiger partial charge in [-0.05, 0) is 19.1 Å². The molecule has 1 aromatic rings. The number of phenolic OH excluding ortho intramolecular Hbond substituents is 1. The molecule has 0 amide bonds. The van der Waals surface area contributed by atoms with E-state index in [2.05, 4.69) is 4.74 Å². The Kier molecular flexibility index (Phi) is 4.39. The van der Waals surface area contributed by atoms with Gasteiger partial charge in [-0.25, -0.2) is 4.79 Å². The monoisotopic (exact) mass is 236 g/mol. The van der Waals surface area contributed by atoms with E-state index in [4.69, 9.17) is 5.11 Å². The molecule has 90 valence electrons. The van der Waals surface area contributed by atoms with Crippen LogP contribution in [0, 0.1) is 0 Å². The minimum atomic E-state index is -1.01. The molecule has 0 aliphatic heterocycles. The molecular weight excluding hydrogens is 224 g/mol. The number of Topliss-reactive ketones (excluding diaryl/α,β-unsaturated/α-hetero) is 2. The van der Waals surface area contributed by atoms with Crippen molar-refractivity contribution < 1.29 is 24.2 Å². The molecule has 17 heavy (non-hydrogen) atoms. The molecule has 0 saturated carbocycles. The van der Waals surface area contributed by atoms with E-state index in [0.29, 0.717) is 0 Å². The van der Waals surface area contributed by atoms with Gasteiger partial charge in [0.25, 0.3) is 0 Å². The van der Waals surface area contributed by atoms with E-state index in [-0.39, 0.29) is 17.9 Å². The molecule has 1 rings (SSSR count). The first-order chi connectivity index (χ1) is 8.04. The van der Waals surface area contributed by atoms with Gasteiger partial charge in [0.1, 0.15) is 5.75 Å². The van der Waals surface area contributed by atoms with Crippen LogP contribution in [0.3, 0.4) is 0 Å². The first-order valence-electron chi connectivity index (χ1n) is 5.06. The van der Waals surface area contributed by atoms with Crippen molar-refractivity contribution in [2.24, 2.45) is 0 Å². The van der Waals surface area contributed by atoms with Crippen molar-refractivity contribution in [3.8, 4) is 5.75 Å². The van der Waals surface area contributed by atoms with Crippen molar-refractivity contribution in [1.82, 2.24) is 0 Å². The number of rotatable bonds is 5. The van der Waals surface area contributed by atoms with Gasteiger partial charge < -0.3 is 9.84 Å². The van der Waals surface area contributed by atoms with E-state index in [1.807, 2.05) is 0 Å². The van der Waals surface area contributed by atoms with E-state index in [1.165, 1.54) is 24.3 Å². The summed E-state index contributed by atoms with van der Waals surface area (Å²) in [6, 6.07) is 5.59. The van der Waals surface area contributed by atoms with Crippen molar-refractivity contribution in [3.05, 3.63) is 29.8 Å². The van der Waals surface area contributed by atoms with E-state index >= 15 is 0 Å². The lowest BCUT2D eigenvalue weighted by atomic mass is 10.1. The van der Waals surface area contributed by atoms with Gasteiger partial charge in [-0.2, -0.15) is 0 Å². The lowest BCUT2D eigenvalue weighted by molar-refractivity contribution is -0.153. The fourth-order valence-corrected chi connectivity index (χ4v) is 1.21.